The summed E-state index contributed by atoms with van der Waals surface area (Å²) < 4.78 is 2.00. The summed E-state index contributed by atoms with van der Waals surface area (Å²) in [6, 6.07) is -0.830. The van der Waals surface area contributed by atoms with Gasteiger partial charge in [0.15, 0.2) is 4.34 Å². The molecule has 4 rings (SSSR count). The zero-order valence-electron chi connectivity index (χ0n) is 17.0. The van der Waals surface area contributed by atoms with Crippen LogP contribution in [0.15, 0.2) is 28.0 Å². The standard InChI is InChI=1S/C17H17N7O6S3/c1-8-20-21-17(33-8)32-7-9-6-31-15-12(14(26)23(15)13(9)16(27)28)19-11(25)2-3-22-5-10(4-18-22)24(29)30/h4-5,12,15H,2-3,6-7H2,1H3,(H,19,25)(H,27,28)/t12-,15+/m1/s1. The number of aryl methyl sites for hydroxylation is 2. The van der Waals surface area contributed by atoms with Gasteiger partial charge in [0, 0.05) is 24.5 Å². The number of hydrogen-bond acceptors (Lipinski definition) is 11. The summed E-state index contributed by atoms with van der Waals surface area (Å²) in [5, 5.41) is 35.1. The molecule has 2 aliphatic rings. The fraction of sp³-hybridized carbons (Fsp3) is 0.412. The van der Waals surface area contributed by atoms with Crippen molar-refractivity contribution in [3.05, 3.63) is 38.8 Å². The molecule has 33 heavy (non-hydrogen) atoms. The monoisotopic (exact) mass is 511 g/mol. The Bertz CT molecular complexity index is 1160. The van der Waals surface area contributed by atoms with E-state index < -0.39 is 34.1 Å². The van der Waals surface area contributed by atoms with E-state index in [1.807, 2.05) is 6.92 Å². The minimum absolute atomic E-state index is 0.0369. The van der Waals surface area contributed by atoms with Crippen LogP contribution in [0.3, 0.4) is 0 Å². The zero-order chi connectivity index (χ0) is 23.7. The van der Waals surface area contributed by atoms with Gasteiger partial charge in [0.05, 0.1) is 4.92 Å². The Labute approximate surface area is 198 Å². The molecule has 0 unspecified atom stereocenters. The molecule has 0 bridgehead atoms. The normalized spacial score (nSPS) is 19.8. The highest BCUT2D eigenvalue weighted by Crippen LogP contribution is 2.41. The molecule has 2 aromatic rings. The summed E-state index contributed by atoms with van der Waals surface area (Å²) in [5.41, 5.74) is 0.383. The number of β-lactam (4-membered cyclic amide) rings is 1. The number of carboxylic acids is 1. The largest absolute Gasteiger partial charge is 0.477 e. The van der Waals surface area contributed by atoms with Crippen LogP contribution in [0.25, 0.3) is 0 Å². The maximum absolute atomic E-state index is 12.7. The molecule has 0 saturated carbocycles. The van der Waals surface area contributed by atoms with Crippen molar-refractivity contribution in [3.8, 4) is 0 Å². The summed E-state index contributed by atoms with van der Waals surface area (Å²) in [6.07, 6.45) is 2.27. The van der Waals surface area contributed by atoms with E-state index in [0.29, 0.717) is 17.1 Å². The van der Waals surface area contributed by atoms with Crippen LogP contribution in [0.5, 0.6) is 0 Å². The number of carboxylic acid groups (broad SMARTS) is 1. The van der Waals surface area contributed by atoms with Crippen LogP contribution in [0.1, 0.15) is 11.4 Å². The van der Waals surface area contributed by atoms with E-state index in [1.54, 1.807) is 0 Å². The van der Waals surface area contributed by atoms with Gasteiger partial charge in [-0.25, -0.2) is 4.79 Å². The molecular weight excluding hydrogens is 494 g/mol. The highest BCUT2D eigenvalue weighted by atomic mass is 32.2. The van der Waals surface area contributed by atoms with Gasteiger partial charge in [-0.2, -0.15) is 5.10 Å². The predicted molar refractivity (Wildman–Crippen MR) is 119 cm³/mol. The summed E-state index contributed by atoms with van der Waals surface area (Å²) in [7, 11) is 0. The molecule has 2 aromatic heterocycles. The smallest absolute Gasteiger partial charge is 0.352 e. The first kappa shape index (κ1) is 23.2. The van der Waals surface area contributed by atoms with E-state index >= 15 is 0 Å². The Morgan fingerprint density at radius 3 is 2.85 bits per heavy atom. The maximum Gasteiger partial charge on any atom is 0.352 e. The van der Waals surface area contributed by atoms with Crippen LogP contribution in [0.2, 0.25) is 0 Å². The Hall–Kier alpha value is -2.98. The number of aromatic nitrogens is 4. The molecule has 174 valence electrons. The second kappa shape index (κ2) is 9.48. The molecular formula is C17H17N7O6S3. The highest BCUT2D eigenvalue weighted by molar-refractivity contribution is 8.01. The number of nitrogens with zero attached hydrogens (tertiary/aromatic N) is 6. The van der Waals surface area contributed by atoms with Gasteiger partial charge in [-0.15, -0.1) is 22.0 Å². The summed E-state index contributed by atoms with van der Waals surface area (Å²) in [6.45, 7) is 1.94. The number of carbonyl (C=O) groups excluding carboxylic acids is 2. The number of nitrogens with one attached hydrogen (secondary N) is 1. The third-order valence-corrected chi connectivity index (χ3v) is 8.24. The number of rotatable bonds is 9. The van der Waals surface area contributed by atoms with E-state index in [1.165, 1.54) is 50.6 Å². The van der Waals surface area contributed by atoms with Crippen molar-refractivity contribution < 1.29 is 24.4 Å². The summed E-state index contributed by atoms with van der Waals surface area (Å²) >= 11 is 4.17. The lowest BCUT2D eigenvalue weighted by atomic mass is 10.0. The average Bonchev–Trinajstić information content (AvgIpc) is 3.42. The number of amides is 2. The van der Waals surface area contributed by atoms with Crippen LogP contribution in [-0.2, 0) is 20.9 Å². The Morgan fingerprint density at radius 2 is 2.21 bits per heavy atom. The average molecular weight is 512 g/mol. The minimum atomic E-state index is -1.19. The van der Waals surface area contributed by atoms with Crippen molar-refractivity contribution in [2.45, 2.75) is 35.6 Å². The van der Waals surface area contributed by atoms with Crippen LogP contribution >= 0.6 is 34.9 Å². The highest BCUT2D eigenvalue weighted by Gasteiger charge is 2.54. The van der Waals surface area contributed by atoms with E-state index in [2.05, 4.69) is 20.6 Å². The lowest BCUT2D eigenvalue weighted by Gasteiger charge is -2.49. The van der Waals surface area contributed by atoms with E-state index in [9.17, 15) is 29.6 Å². The molecule has 0 spiro atoms. The molecule has 1 fully saturated rings. The maximum atomic E-state index is 12.7. The second-order valence-corrected chi connectivity index (χ2v) is 10.6. The fourth-order valence-corrected chi connectivity index (χ4v) is 6.61. The van der Waals surface area contributed by atoms with Crippen molar-refractivity contribution >= 4 is 58.3 Å². The van der Waals surface area contributed by atoms with Gasteiger partial charge in [-0.1, -0.05) is 23.1 Å². The van der Waals surface area contributed by atoms with Crippen molar-refractivity contribution in [1.29, 1.82) is 0 Å². The number of fused-ring (bicyclic) bond motifs is 1. The first-order chi connectivity index (χ1) is 15.7. The third kappa shape index (κ3) is 4.86. The van der Waals surface area contributed by atoms with Gasteiger partial charge in [0.25, 0.3) is 5.91 Å². The molecule has 13 nitrogen and oxygen atoms in total. The number of carbonyl (C=O) groups is 3. The third-order valence-electron chi connectivity index (χ3n) is 4.84. The number of thioether (sulfide) groups is 2. The molecule has 2 aliphatic heterocycles. The molecule has 16 heteroatoms. The molecule has 1 saturated heterocycles. The van der Waals surface area contributed by atoms with Gasteiger partial charge in [0.2, 0.25) is 5.91 Å². The Balaban J connectivity index is 1.36. The number of aliphatic carboxylic acids is 1. The Kier molecular flexibility index (Phi) is 6.66. The van der Waals surface area contributed by atoms with Crippen molar-refractivity contribution in [2.24, 2.45) is 0 Å². The molecule has 2 amide bonds. The zero-order valence-corrected chi connectivity index (χ0v) is 19.5. The van der Waals surface area contributed by atoms with Crippen molar-refractivity contribution in [3.63, 3.8) is 0 Å². The SMILES string of the molecule is Cc1nnc(SCC2=C(C(=O)O)N3C(=O)[C@@H](NC(=O)CCn4cc([N+](=O)[O-])cn4)[C@@H]3SC2)s1. The fourth-order valence-electron chi connectivity index (χ4n) is 3.31. The van der Waals surface area contributed by atoms with Crippen LogP contribution in [0, 0.1) is 17.0 Å². The van der Waals surface area contributed by atoms with Gasteiger partial charge in [0.1, 0.15) is 34.5 Å². The van der Waals surface area contributed by atoms with Gasteiger partial charge >= 0.3 is 11.7 Å². The Morgan fingerprint density at radius 1 is 1.42 bits per heavy atom. The first-order valence-corrected chi connectivity index (χ1v) is 12.4. The van der Waals surface area contributed by atoms with Gasteiger partial charge < -0.3 is 10.4 Å². The van der Waals surface area contributed by atoms with Gasteiger partial charge in [-0.3, -0.25) is 29.3 Å². The lowest BCUT2D eigenvalue weighted by molar-refractivity contribution is -0.385. The number of nitro groups is 1. The summed E-state index contributed by atoms with van der Waals surface area (Å²) in [4.78, 5) is 48.3. The van der Waals surface area contributed by atoms with Crippen molar-refractivity contribution in [1.82, 2.24) is 30.2 Å². The first-order valence-electron chi connectivity index (χ1n) is 9.53. The topological polar surface area (TPSA) is 173 Å². The van der Waals surface area contributed by atoms with Crippen LogP contribution < -0.4 is 5.32 Å². The van der Waals surface area contributed by atoms with E-state index in [-0.39, 0.29) is 24.4 Å². The number of hydrogen-bond donors (Lipinski definition) is 2. The van der Waals surface area contributed by atoms with E-state index in [4.69, 9.17) is 0 Å². The molecule has 2 N–H and O–H groups in total. The quantitative estimate of drug-likeness (QED) is 0.212. The molecule has 4 heterocycles. The summed E-state index contributed by atoms with van der Waals surface area (Å²) in [5.74, 6) is -1.33. The second-order valence-electron chi connectivity index (χ2n) is 7.06. The minimum Gasteiger partial charge on any atom is -0.477 e. The predicted octanol–water partition coefficient (Wildman–Crippen LogP) is 0.872. The van der Waals surface area contributed by atoms with Crippen LogP contribution in [-0.4, -0.2) is 75.6 Å². The van der Waals surface area contributed by atoms with Crippen molar-refractivity contribution in [2.75, 3.05) is 11.5 Å². The molecule has 0 aliphatic carbocycles. The van der Waals surface area contributed by atoms with Crippen LogP contribution in [0.4, 0.5) is 5.69 Å². The molecule has 2 atom stereocenters. The van der Waals surface area contributed by atoms with E-state index in [0.717, 1.165) is 15.5 Å². The molecule has 0 radical (unpaired) electrons. The van der Waals surface area contributed by atoms with Gasteiger partial charge in [-0.05, 0) is 12.5 Å². The molecule has 0 aromatic carbocycles. The lowest BCUT2D eigenvalue weighted by Crippen LogP contribution is -2.70.